The highest BCUT2D eigenvalue weighted by Crippen LogP contribution is 2.38. The zero-order valence-electron chi connectivity index (χ0n) is 15.0. The van der Waals surface area contributed by atoms with E-state index in [9.17, 15) is 22.4 Å². The van der Waals surface area contributed by atoms with Gasteiger partial charge in [0.1, 0.15) is 5.82 Å². The summed E-state index contributed by atoms with van der Waals surface area (Å²) in [5.74, 6) is -1.70. The van der Waals surface area contributed by atoms with Crippen molar-refractivity contribution in [2.24, 2.45) is 0 Å². The van der Waals surface area contributed by atoms with Gasteiger partial charge in [-0.1, -0.05) is 22.0 Å². The van der Waals surface area contributed by atoms with E-state index in [2.05, 4.69) is 21.2 Å². The number of carbonyl (C=O) groups is 2. The predicted octanol–water partition coefficient (Wildman–Crippen LogP) is 3.30. The molecule has 28 heavy (non-hydrogen) atoms. The van der Waals surface area contributed by atoms with Gasteiger partial charge in [-0.25, -0.2) is 12.8 Å². The van der Waals surface area contributed by atoms with Gasteiger partial charge in [0, 0.05) is 30.0 Å². The zero-order chi connectivity index (χ0) is 20.5. The Balaban J connectivity index is 1.80. The molecule has 1 aliphatic rings. The Bertz CT molecular complexity index is 1060. The first-order valence-electron chi connectivity index (χ1n) is 8.56. The molecule has 1 aliphatic heterocycles. The molecule has 0 radical (unpaired) electrons. The molecule has 1 N–H and O–H groups in total. The fraction of sp³-hybridized carbons (Fsp3) is 0.263. The number of anilines is 2. The average Bonchev–Trinajstić information content (AvgIpc) is 3.03. The molecule has 0 fully saturated rings. The van der Waals surface area contributed by atoms with E-state index in [0.29, 0.717) is 23.1 Å². The number of carbonyl (C=O) groups excluding carboxylic acids is 2. The summed E-state index contributed by atoms with van der Waals surface area (Å²) in [4.78, 5) is 25.5. The normalized spacial score (nSPS) is 13.3. The zero-order valence-corrected chi connectivity index (χ0v) is 17.4. The third-order valence-corrected chi connectivity index (χ3v) is 6.60. The lowest BCUT2D eigenvalue weighted by Gasteiger charge is -2.19. The van der Waals surface area contributed by atoms with E-state index in [1.54, 1.807) is 6.07 Å². The summed E-state index contributed by atoms with van der Waals surface area (Å²) < 4.78 is 39.6. The molecule has 2 aromatic carbocycles. The van der Waals surface area contributed by atoms with Crippen LogP contribution in [0.3, 0.4) is 0 Å². The van der Waals surface area contributed by atoms with Crippen molar-refractivity contribution in [1.82, 2.24) is 0 Å². The van der Waals surface area contributed by atoms with Gasteiger partial charge in [0.15, 0.2) is 9.84 Å². The summed E-state index contributed by atoms with van der Waals surface area (Å²) >= 11 is 3.31. The number of sulfone groups is 1. The van der Waals surface area contributed by atoms with E-state index < -0.39 is 27.3 Å². The van der Waals surface area contributed by atoms with E-state index in [4.69, 9.17) is 0 Å². The fourth-order valence-electron chi connectivity index (χ4n) is 3.15. The first-order valence-corrected chi connectivity index (χ1v) is 11.0. The minimum absolute atomic E-state index is 0.0307. The molecular formula is C19H18BrFN2O4S. The summed E-state index contributed by atoms with van der Waals surface area (Å²) in [6, 6.07) is 8.62. The second kappa shape index (κ2) is 8.00. The van der Waals surface area contributed by atoms with Crippen LogP contribution in [0.4, 0.5) is 15.8 Å². The molecule has 0 saturated carbocycles. The van der Waals surface area contributed by atoms with E-state index in [0.717, 1.165) is 11.6 Å². The van der Waals surface area contributed by atoms with Crippen molar-refractivity contribution in [1.29, 1.82) is 0 Å². The molecule has 2 amide bonds. The summed E-state index contributed by atoms with van der Waals surface area (Å²) in [5.41, 5.74) is 1.42. The van der Waals surface area contributed by atoms with Gasteiger partial charge < -0.3 is 10.2 Å². The number of benzene rings is 2. The summed E-state index contributed by atoms with van der Waals surface area (Å²) in [5, 5.41) is 2.48. The van der Waals surface area contributed by atoms with Crippen molar-refractivity contribution in [2.45, 2.75) is 24.7 Å². The second-order valence-corrected chi connectivity index (χ2v) is 9.45. The average molecular weight is 469 g/mol. The fourth-order valence-corrected chi connectivity index (χ4v) is 5.32. The highest BCUT2D eigenvalue weighted by Gasteiger charge is 2.31. The molecule has 3 rings (SSSR count). The van der Waals surface area contributed by atoms with Crippen LogP contribution in [-0.2, 0) is 25.8 Å². The van der Waals surface area contributed by atoms with Crippen LogP contribution in [0.5, 0.6) is 0 Å². The number of halogens is 2. The molecule has 0 unspecified atom stereocenters. The summed E-state index contributed by atoms with van der Waals surface area (Å²) in [6.07, 6.45) is 0.275. The first-order chi connectivity index (χ1) is 13.2. The van der Waals surface area contributed by atoms with Gasteiger partial charge in [0.25, 0.3) is 0 Å². The standard InChI is InChI=1S/C19H18BrFN2O4S/c1-12(24)23-7-5-13-9-14(20)10-17(19(13)23)28(26,27)8-6-18(25)22-16-4-2-3-15(21)11-16/h2-4,9-11H,5-8H2,1H3,(H,22,25). The van der Waals surface area contributed by atoms with Gasteiger partial charge in [-0.05, 0) is 42.3 Å². The van der Waals surface area contributed by atoms with Crippen molar-refractivity contribution < 1.29 is 22.4 Å². The number of nitrogens with one attached hydrogen (secondary N) is 1. The molecule has 2 aromatic rings. The molecule has 6 nitrogen and oxygen atoms in total. The Morgan fingerprint density at radius 1 is 1.25 bits per heavy atom. The molecule has 0 saturated heterocycles. The molecule has 148 valence electrons. The van der Waals surface area contributed by atoms with Crippen LogP contribution in [-0.4, -0.2) is 32.5 Å². The molecule has 9 heteroatoms. The monoisotopic (exact) mass is 468 g/mol. The third-order valence-electron chi connectivity index (χ3n) is 4.41. The van der Waals surface area contributed by atoms with Gasteiger partial charge in [-0.3, -0.25) is 9.59 Å². The van der Waals surface area contributed by atoms with E-state index >= 15 is 0 Å². The first kappa shape index (κ1) is 20.5. The van der Waals surface area contributed by atoms with Crippen molar-refractivity contribution in [2.75, 3.05) is 22.5 Å². The van der Waals surface area contributed by atoms with Crippen LogP contribution in [0.15, 0.2) is 45.8 Å². The number of nitrogens with zero attached hydrogens (tertiary/aromatic N) is 1. The molecule has 0 atom stereocenters. The Morgan fingerprint density at radius 3 is 2.68 bits per heavy atom. The van der Waals surface area contributed by atoms with Crippen molar-refractivity contribution >= 4 is 49.0 Å². The van der Waals surface area contributed by atoms with Crippen LogP contribution in [0.25, 0.3) is 0 Å². The quantitative estimate of drug-likeness (QED) is 0.729. The van der Waals surface area contributed by atoms with Crippen LogP contribution < -0.4 is 10.2 Å². The SMILES string of the molecule is CC(=O)N1CCc2cc(Br)cc(S(=O)(=O)CCC(=O)Nc3cccc(F)c3)c21. The highest BCUT2D eigenvalue weighted by atomic mass is 79.9. The summed E-state index contributed by atoms with van der Waals surface area (Å²) in [6.45, 7) is 1.81. The second-order valence-electron chi connectivity index (χ2n) is 6.46. The van der Waals surface area contributed by atoms with E-state index in [1.807, 2.05) is 0 Å². The Hall–Kier alpha value is -2.26. The lowest BCUT2D eigenvalue weighted by molar-refractivity contribution is -0.117. The lowest BCUT2D eigenvalue weighted by Crippen LogP contribution is -2.27. The number of hydrogen-bond acceptors (Lipinski definition) is 4. The van der Waals surface area contributed by atoms with Crippen LogP contribution in [0.1, 0.15) is 18.9 Å². The molecule has 0 spiro atoms. The van der Waals surface area contributed by atoms with Crippen molar-refractivity contribution in [3.05, 3.63) is 52.3 Å². The minimum Gasteiger partial charge on any atom is -0.326 e. The lowest BCUT2D eigenvalue weighted by atomic mass is 10.2. The van der Waals surface area contributed by atoms with Crippen LogP contribution >= 0.6 is 15.9 Å². The Morgan fingerprint density at radius 2 is 2.00 bits per heavy atom. The minimum atomic E-state index is -3.83. The van der Waals surface area contributed by atoms with Gasteiger partial charge in [0.2, 0.25) is 11.8 Å². The van der Waals surface area contributed by atoms with Crippen LogP contribution in [0.2, 0.25) is 0 Å². The number of amides is 2. The predicted molar refractivity (Wildman–Crippen MR) is 108 cm³/mol. The highest BCUT2D eigenvalue weighted by molar-refractivity contribution is 9.10. The number of hydrogen-bond donors (Lipinski definition) is 1. The molecular weight excluding hydrogens is 451 g/mol. The molecule has 0 aromatic heterocycles. The Kier molecular flexibility index (Phi) is 5.85. The summed E-state index contributed by atoms with van der Waals surface area (Å²) in [7, 11) is -3.83. The van der Waals surface area contributed by atoms with Crippen molar-refractivity contribution in [3.63, 3.8) is 0 Å². The van der Waals surface area contributed by atoms with Gasteiger partial charge in [-0.2, -0.15) is 0 Å². The smallest absolute Gasteiger partial charge is 0.225 e. The molecule has 0 aliphatic carbocycles. The van der Waals surface area contributed by atoms with E-state index in [1.165, 1.54) is 36.1 Å². The Labute approximate surface area is 170 Å². The molecule has 1 heterocycles. The van der Waals surface area contributed by atoms with Crippen molar-refractivity contribution in [3.8, 4) is 0 Å². The maximum absolute atomic E-state index is 13.2. The maximum Gasteiger partial charge on any atom is 0.225 e. The largest absolute Gasteiger partial charge is 0.326 e. The van der Waals surface area contributed by atoms with Gasteiger partial charge >= 0.3 is 0 Å². The number of fused-ring (bicyclic) bond motifs is 1. The van der Waals surface area contributed by atoms with E-state index in [-0.39, 0.29) is 22.9 Å². The topological polar surface area (TPSA) is 83.6 Å². The van der Waals surface area contributed by atoms with Crippen LogP contribution in [0, 0.1) is 5.82 Å². The maximum atomic E-state index is 13.2. The van der Waals surface area contributed by atoms with Gasteiger partial charge in [-0.15, -0.1) is 0 Å². The number of rotatable bonds is 5. The molecule has 0 bridgehead atoms. The van der Waals surface area contributed by atoms with Gasteiger partial charge in [0.05, 0.1) is 16.3 Å². The third kappa shape index (κ3) is 4.41.